The summed E-state index contributed by atoms with van der Waals surface area (Å²) in [6.07, 6.45) is 0.548. The molecule has 0 fully saturated rings. The van der Waals surface area contributed by atoms with Gasteiger partial charge < -0.3 is 5.11 Å². The molecule has 2 rings (SSSR count). The van der Waals surface area contributed by atoms with Gasteiger partial charge in [0.05, 0.1) is 26.3 Å². The van der Waals surface area contributed by atoms with E-state index in [1.54, 1.807) is 6.07 Å². The van der Waals surface area contributed by atoms with Crippen LogP contribution >= 0.6 is 34.8 Å². The molecule has 1 N–H and O–H groups in total. The van der Waals surface area contributed by atoms with Crippen molar-refractivity contribution in [2.45, 2.75) is 0 Å². The van der Waals surface area contributed by atoms with Crippen LogP contribution in [0.3, 0.4) is 0 Å². The summed E-state index contributed by atoms with van der Waals surface area (Å²) < 4.78 is 0. The maximum atomic E-state index is 10.6. The zero-order chi connectivity index (χ0) is 14.7. The van der Waals surface area contributed by atoms with E-state index >= 15 is 0 Å². The lowest BCUT2D eigenvalue weighted by Gasteiger charge is -2.01. The van der Waals surface area contributed by atoms with Crippen molar-refractivity contribution < 1.29 is 9.90 Å². The highest BCUT2D eigenvalue weighted by Gasteiger charge is 2.06. The van der Waals surface area contributed by atoms with Crippen molar-refractivity contribution in [3.63, 3.8) is 0 Å². The zero-order valence-electron chi connectivity index (χ0n) is 9.85. The van der Waals surface area contributed by atoms with Crippen LogP contribution in [0.25, 0.3) is 0 Å². The summed E-state index contributed by atoms with van der Waals surface area (Å²) in [5.74, 6) is -0.170. The highest BCUT2D eigenvalue weighted by atomic mass is 35.5. The van der Waals surface area contributed by atoms with E-state index in [-0.39, 0.29) is 11.3 Å². The molecule has 2 aromatic carbocycles. The normalized spacial score (nSPS) is 10.9. The molecule has 0 aliphatic carbocycles. The molecule has 0 atom stereocenters. The first kappa shape index (κ1) is 14.8. The number of aldehydes is 1. The Bertz CT molecular complexity index is 702. The van der Waals surface area contributed by atoms with Crippen molar-refractivity contribution in [3.05, 3.63) is 51.0 Å². The van der Waals surface area contributed by atoms with Crippen molar-refractivity contribution in [2.75, 3.05) is 0 Å². The Kier molecular flexibility index (Phi) is 4.60. The fourth-order valence-corrected chi connectivity index (χ4v) is 1.97. The molecule has 4 nitrogen and oxygen atoms in total. The Morgan fingerprint density at radius 2 is 1.65 bits per heavy atom. The first-order valence-corrected chi connectivity index (χ1v) is 6.49. The third-order valence-electron chi connectivity index (χ3n) is 2.40. The van der Waals surface area contributed by atoms with E-state index in [1.165, 1.54) is 24.3 Å². The second kappa shape index (κ2) is 6.22. The van der Waals surface area contributed by atoms with Crippen LogP contribution in [0.2, 0.25) is 15.1 Å². The van der Waals surface area contributed by atoms with Crippen LogP contribution < -0.4 is 0 Å². The van der Waals surface area contributed by atoms with Gasteiger partial charge in [-0.3, -0.25) is 4.79 Å². The van der Waals surface area contributed by atoms with E-state index in [0.717, 1.165) is 0 Å². The summed E-state index contributed by atoms with van der Waals surface area (Å²) >= 11 is 17.6. The molecule has 0 aliphatic rings. The minimum Gasteiger partial charge on any atom is -0.507 e. The molecule has 0 heterocycles. The Labute approximate surface area is 129 Å². The molecule has 0 aliphatic heterocycles. The second-order valence-electron chi connectivity index (χ2n) is 3.78. The number of phenols is 1. The van der Waals surface area contributed by atoms with Crippen molar-refractivity contribution in [2.24, 2.45) is 10.2 Å². The number of nitrogens with zero attached hydrogens (tertiary/aromatic N) is 2. The fourth-order valence-electron chi connectivity index (χ4n) is 1.39. The predicted octanol–water partition coefficient (Wildman–Crippen LogP) is 5.58. The molecule has 0 unspecified atom stereocenters. The molecule has 0 amide bonds. The lowest BCUT2D eigenvalue weighted by molar-refractivity contribution is 0.112. The summed E-state index contributed by atoms with van der Waals surface area (Å²) in [5.41, 5.74) is 0.895. The Hall–Kier alpha value is -1.62. The lowest BCUT2D eigenvalue weighted by atomic mass is 10.2. The largest absolute Gasteiger partial charge is 0.507 e. The molecule has 102 valence electrons. The van der Waals surface area contributed by atoms with Gasteiger partial charge in [-0.25, -0.2) is 0 Å². The number of hydrogen-bond donors (Lipinski definition) is 1. The lowest BCUT2D eigenvalue weighted by Crippen LogP contribution is -1.79. The molecule has 0 saturated carbocycles. The number of hydrogen-bond acceptors (Lipinski definition) is 4. The van der Waals surface area contributed by atoms with Gasteiger partial charge in [-0.2, -0.15) is 5.11 Å². The number of carbonyl (C=O) groups is 1. The molecule has 2 aromatic rings. The Morgan fingerprint density at radius 3 is 2.30 bits per heavy atom. The molecule has 20 heavy (non-hydrogen) atoms. The Balaban J connectivity index is 2.32. The minimum atomic E-state index is -0.170. The van der Waals surface area contributed by atoms with Crippen LogP contribution in [0.5, 0.6) is 5.75 Å². The van der Waals surface area contributed by atoms with E-state index in [0.29, 0.717) is 32.7 Å². The molecule has 0 bridgehead atoms. The SMILES string of the molecule is O=Cc1ccc(N=Nc2cc(Cl)c(Cl)cc2Cl)cc1O. The number of halogens is 3. The van der Waals surface area contributed by atoms with Crippen LogP contribution in [0.4, 0.5) is 11.4 Å². The van der Waals surface area contributed by atoms with Crippen LogP contribution in [-0.2, 0) is 0 Å². The van der Waals surface area contributed by atoms with Gasteiger partial charge in [-0.1, -0.05) is 34.8 Å². The zero-order valence-corrected chi connectivity index (χ0v) is 12.1. The van der Waals surface area contributed by atoms with Crippen molar-refractivity contribution >= 4 is 52.5 Å². The number of phenolic OH excluding ortho intramolecular Hbond substituents is 1. The highest BCUT2D eigenvalue weighted by molar-refractivity contribution is 6.43. The number of azo groups is 1. The van der Waals surface area contributed by atoms with Crippen molar-refractivity contribution in [1.82, 2.24) is 0 Å². The fraction of sp³-hybridized carbons (Fsp3) is 0. The maximum absolute atomic E-state index is 10.6. The van der Waals surface area contributed by atoms with Gasteiger partial charge in [0.15, 0.2) is 6.29 Å². The average Bonchev–Trinajstić information content (AvgIpc) is 2.41. The van der Waals surface area contributed by atoms with Gasteiger partial charge in [0, 0.05) is 6.07 Å². The predicted molar refractivity (Wildman–Crippen MR) is 79.1 cm³/mol. The molecular weight excluding hydrogens is 323 g/mol. The summed E-state index contributed by atoms with van der Waals surface area (Å²) in [7, 11) is 0. The number of carbonyl (C=O) groups excluding carboxylic acids is 1. The average molecular weight is 330 g/mol. The smallest absolute Gasteiger partial charge is 0.153 e. The molecule has 7 heteroatoms. The van der Waals surface area contributed by atoms with Gasteiger partial charge in [0.2, 0.25) is 0 Å². The van der Waals surface area contributed by atoms with Crippen molar-refractivity contribution in [3.8, 4) is 5.75 Å². The van der Waals surface area contributed by atoms with Gasteiger partial charge >= 0.3 is 0 Å². The quantitative estimate of drug-likeness (QED) is 0.454. The summed E-state index contributed by atoms with van der Waals surface area (Å²) in [5, 5.41) is 18.3. The van der Waals surface area contributed by atoms with Crippen molar-refractivity contribution in [1.29, 1.82) is 0 Å². The molecule has 0 spiro atoms. The second-order valence-corrected chi connectivity index (χ2v) is 5.00. The van der Waals surface area contributed by atoms with Crippen LogP contribution in [-0.4, -0.2) is 11.4 Å². The topological polar surface area (TPSA) is 62.0 Å². The number of benzene rings is 2. The monoisotopic (exact) mass is 328 g/mol. The van der Waals surface area contributed by atoms with E-state index in [2.05, 4.69) is 10.2 Å². The summed E-state index contributed by atoms with van der Waals surface area (Å²) in [6, 6.07) is 7.24. The van der Waals surface area contributed by atoms with Crippen LogP contribution in [0, 0.1) is 0 Å². The first-order valence-electron chi connectivity index (χ1n) is 5.35. The summed E-state index contributed by atoms with van der Waals surface area (Å²) in [6.45, 7) is 0. The number of rotatable bonds is 3. The third-order valence-corrected chi connectivity index (χ3v) is 3.43. The van der Waals surface area contributed by atoms with Gasteiger partial charge in [-0.15, -0.1) is 5.11 Å². The molecule has 0 radical (unpaired) electrons. The minimum absolute atomic E-state index is 0.170. The third kappa shape index (κ3) is 3.28. The standard InChI is InChI=1S/C13H7Cl3N2O2/c14-9-4-11(16)12(5-10(9)15)18-17-8-2-1-7(6-19)13(20)3-8/h1-6,20H. The van der Waals surface area contributed by atoms with Gasteiger partial charge in [0.25, 0.3) is 0 Å². The van der Waals surface area contributed by atoms with Crippen LogP contribution in [0.15, 0.2) is 40.6 Å². The molecule has 0 aromatic heterocycles. The maximum Gasteiger partial charge on any atom is 0.153 e. The van der Waals surface area contributed by atoms with Gasteiger partial charge in [0.1, 0.15) is 11.4 Å². The summed E-state index contributed by atoms with van der Waals surface area (Å²) in [4.78, 5) is 10.6. The Morgan fingerprint density at radius 1 is 0.950 bits per heavy atom. The first-order chi connectivity index (χ1) is 9.51. The highest BCUT2D eigenvalue weighted by Crippen LogP contribution is 2.35. The van der Waals surface area contributed by atoms with Gasteiger partial charge in [-0.05, 0) is 24.3 Å². The van der Waals surface area contributed by atoms with E-state index < -0.39 is 0 Å². The molecular formula is C13H7Cl3N2O2. The van der Waals surface area contributed by atoms with Crippen LogP contribution in [0.1, 0.15) is 10.4 Å². The number of aromatic hydroxyl groups is 1. The van der Waals surface area contributed by atoms with E-state index in [9.17, 15) is 9.90 Å². The van der Waals surface area contributed by atoms with E-state index in [4.69, 9.17) is 34.8 Å². The van der Waals surface area contributed by atoms with E-state index in [1.807, 2.05) is 0 Å². The molecule has 0 saturated heterocycles.